The number of hydrogen-bond donors (Lipinski definition) is 0. The summed E-state index contributed by atoms with van der Waals surface area (Å²) in [5.41, 5.74) is 4.35. The number of aromatic nitrogens is 3. The van der Waals surface area contributed by atoms with E-state index in [9.17, 15) is 4.79 Å². The number of rotatable bonds is 5. The summed E-state index contributed by atoms with van der Waals surface area (Å²) in [5, 5.41) is 5.46. The van der Waals surface area contributed by atoms with Gasteiger partial charge in [-0.25, -0.2) is 0 Å². The highest BCUT2D eigenvalue weighted by Gasteiger charge is 2.30. The molecule has 1 aliphatic carbocycles. The molecule has 0 saturated carbocycles. The number of aryl methyl sites for hydroxylation is 1. The molecule has 6 heteroatoms. The summed E-state index contributed by atoms with van der Waals surface area (Å²) in [6.45, 7) is 1.80. The predicted molar refractivity (Wildman–Crippen MR) is 111 cm³/mol. The van der Waals surface area contributed by atoms with Gasteiger partial charge in [0.2, 0.25) is 0 Å². The van der Waals surface area contributed by atoms with E-state index in [0.29, 0.717) is 0 Å². The zero-order chi connectivity index (χ0) is 19.8. The van der Waals surface area contributed by atoms with Gasteiger partial charge >= 0.3 is 0 Å². The van der Waals surface area contributed by atoms with Gasteiger partial charge in [-0.15, -0.1) is 0 Å². The number of fused-ring (bicyclic) bond motifs is 2. The highest BCUT2D eigenvalue weighted by Crippen LogP contribution is 2.35. The van der Waals surface area contributed by atoms with Crippen LogP contribution in [0.4, 0.5) is 0 Å². The maximum atomic E-state index is 13.5. The monoisotopic (exact) mass is 379 g/mol. The minimum absolute atomic E-state index is 0.0847. The van der Waals surface area contributed by atoms with Gasteiger partial charge in [0, 0.05) is 55.5 Å². The molecule has 1 amide bonds. The molecule has 1 aromatic carbocycles. The van der Waals surface area contributed by atoms with Gasteiger partial charge in [-0.3, -0.25) is 9.48 Å². The maximum Gasteiger partial charge on any atom is 0.256 e. The fourth-order valence-electron chi connectivity index (χ4n) is 4.33. The molecular formula is C22H29N5O. The van der Waals surface area contributed by atoms with Crippen molar-refractivity contribution in [3.05, 3.63) is 53.5 Å². The Morgan fingerprint density at radius 3 is 2.82 bits per heavy atom. The van der Waals surface area contributed by atoms with Crippen LogP contribution in [0.2, 0.25) is 0 Å². The van der Waals surface area contributed by atoms with Gasteiger partial charge in [0.25, 0.3) is 5.91 Å². The van der Waals surface area contributed by atoms with Crippen molar-refractivity contribution in [1.82, 2.24) is 24.1 Å². The van der Waals surface area contributed by atoms with Crippen LogP contribution in [0.5, 0.6) is 0 Å². The minimum atomic E-state index is 0.0847. The quantitative estimate of drug-likeness (QED) is 0.684. The van der Waals surface area contributed by atoms with E-state index < -0.39 is 0 Å². The summed E-state index contributed by atoms with van der Waals surface area (Å²) in [5.74, 6) is 0.0847. The number of likely N-dealkylation sites (N-methyl/N-ethyl adjacent to an activating group) is 1. The Kier molecular flexibility index (Phi) is 4.98. The van der Waals surface area contributed by atoms with Crippen molar-refractivity contribution in [2.24, 2.45) is 7.05 Å². The molecule has 148 valence electrons. The van der Waals surface area contributed by atoms with Crippen LogP contribution in [0.25, 0.3) is 10.9 Å². The van der Waals surface area contributed by atoms with E-state index in [4.69, 9.17) is 0 Å². The average Bonchev–Trinajstić information content (AvgIpc) is 3.26. The standard InChI is InChI=1S/C22H29N5O/c1-24(2)12-13-27-15-18(16-8-5-6-9-21(16)27)22(28)25(3)19-10-7-11-20-17(19)14-23-26(20)4/h5-6,8-9,14-15,19H,7,10-13H2,1-4H3. The van der Waals surface area contributed by atoms with E-state index in [1.165, 1.54) is 11.3 Å². The first kappa shape index (κ1) is 18.7. The maximum absolute atomic E-state index is 13.5. The first-order valence-electron chi connectivity index (χ1n) is 9.98. The highest BCUT2D eigenvalue weighted by molar-refractivity contribution is 6.07. The molecule has 1 aliphatic rings. The fourth-order valence-corrected chi connectivity index (χ4v) is 4.33. The summed E-state index contributed by atoms with van der Waals surface area (Å²) in [6.07, 6.45) is 7.07. The Bertz CT molecular complexity index is 1000. The molecule has 0 N–H and O–H groups in total. The van der Waals surface area contributed by atoms with Crippen molar-refractivity contribution in [2.45, 2.75) is 31.8 Å². The van der Waals surface area contributed by atoms with Crippen molar-refractivity contribution >= 4 is 16.8 Å². The SMILES string of the molecule is CN(C)CCn1cc(C(=O)N(C)C2CCCc3c2cnn3C)c2ccccc21. The first-order valence-corrected chi connectivity index (χ1v) is 9.98. The van der Waals surface area contributed by atoms with Crippen LogP contribution in [0, 0.1) is 0 Å². The third-order valence-electron chi connectivity index (χ3n) is 5.94. The Balaban J connectivity index is 1.67. The predicted octanol–water partition coefficient (Wildman–Crippen LogP) is 3.09. The lowest BCUT2D eigenvalue weighted by Crippen LogP contribution is -2.33. The van der Waals surface area contributed by atoms with Crippen LogP contribution < -0.4 is 0 Å². The second-order valence-electron chi connectivity index (χ2n) is 8.05. The lowest BCUT2D eigenvalue weighted by molar-refractivity contribution is 0.0716. The second kappa shape index (κ2) is 7.43. The first-order chi connectivity index (χ1) is 13.5. The Morgan fingerprint density at radius 2 is 2.04 bits per heavy atom. The molecule has 0 fully saturated rings. The molecule has 1 atom stereocenters. The summed E-state index contributed by atoms with van der Waals surface area (Å²) in [6, 6.07) is 8.29. The molecule has 1 unspecified atom stereocenters. The molecule has 4 rings (SSSR count). The normalized spacial score (nSPS) is 16.5. The number of hydrogen-bond acceptors (Lipinski definition) is 3. The summed E-state index contributed by atoms with van der Waals surface area (Å²) >= 11 is 0. The van der Waals surface area contributed by atoms with E-state index in [1.807, 2.05) is 48.2 Å². The van der Waals surface area contributed by atoms with Crippen LogP contribution >= 0.6 is 0 Å². The number of amides is 1. The van der Waals surface area contributed by atoms with E-state index in [-0.39, 0.29) is 11.9 Å². The zero-order valence-corrected chi connectivity index (χ0v) is 17.2. The average molecular weight is 380 g/mol. The third-order valence-corrected chi connectivity index (χ3v) is 5.94. The molecule has 28 heavy (non-hydrogen) atoms. The number of nitrogens with zero attached hydrogens (tertiary/aromatic N) is 5. The van der Waals surface area contributed by atoms with Gasteiger partial charge in [-0.05, 0) is 39.4 Å². The van der Waals surface area contributed by atoms with Gasteiger partial charge in [0.05, 0.1) is 17.8 Å². The molecule has 0 radical (unpaired) electrons. The van der Waals surface area contributed by atoms with Gasteiger partial charge in [0.1, 0.15) is 0 Å². The molecule has 0 spiro atoms. The number of benzene rings is 1. The van der Waals surface area contributed by atoms with Crippen molar-refractivity contribution in [3.63, 3.8) is 0 Å². The summed E-state index contributed by atoms with van der Waals surface area (Å²) < 4.78 is 4.15. The second-order valence-corrected chi connectivity index (χ2v) is 8.05. The number of carbonyl (C=O) groups is 1. The van der Waals surface area contributed by atoms with E-state index in [1.54, 1.807) is 0 Å². The van der Waals surface area contributed by atoms with E-state index in [0.717, 1.165) is 48.8 Å². The third kappa shape index (κ3) is 3.22. The molecule has 0 bridgehead atoms. The smallest absolute Gasteiger partial charge is 0.256 e. The van der Waals surface area contributed by atoms with Crippen LogP contribution in [0.3, 0.4) is 0 Å². The lowest BCUT2D eigenvalue weighted by Gasteiger charge is -2.31. The molecular weight excluding hydrogens is 350 g/mol. The number of carbonyl (C=O) groups excluding carboxylic acids is 1. The van der Waals surface area contributed by atoms with Gasteiger partial charge in [-0.2, -0.15) is 5.10 Å². The van der Waals surface area contributed by atoms with Crippen LogP contribution in [0.15, 0.2) is 36.7 Å². The fraction of sp³-hybridized carbons (Fsp3) is 0.455. The summed E-state index contributed by atoms with van der Waals surface area (Å²) in [4.78, 5) is 17.6. The van der Waals surface area contributed by atoms with Crippen LogP contribution in [-0.2, 0) is 20.0 Å². The van der Waals surface area contributed by atoms with Crippen molar-refractivity contribution in [1.29, 1.82) is 0 Å². The number of para-hydroxylation sites is 1. The van der Waals surface area contributed by atoms with Crippen molar-refractivity contribution in [2.75, 3.05) is 27.7 Å². The Hall–Kier alpha value is -2.60. The Labute approximate surface area is 166 Å². The van der Waals surface area contributed by atoms with Gasteiger partial charge in [0.15, 0.2) is 0 Å². The van der Waals surface area contributed by atoms with Gasteiger partial charge < -0.3 is 14.4 Å². The minimum Gasteiger partial charge on any atom is -0.345 e. The van der Waals surface area contributed by atoms with E-state index >= 15 is 0 Å². The highest BCUT2D eigenvalue weighted by atomic mass is 16.2. The van der Waals surface area contributed by atoms with Crippen LogP contribution in [-0.4, -0.2) is 57.7 Å². The molecule has 2 heterocycles. The molecule has 0 aliphatic heterocycles. The van der Waals surface area contributed by atoms with Crippen molar-refractivity contribution in [3.8, 4) is 0 Å². The molecule has 2 aromatic heterocycles. The van der Waals surface area contributed by atoms with Crippen LogP contribution in [0.1, 0.15) is 40.5 Å². The van der Waals surface area contributed by atoms with Crippen molar-refractivity contribution < 1.29 is 4.79 Å². The topological polar surface area (TPSA) is 46.3 Å². The molecule has 6 nitrogen and oxygen atoms in total. The zero-order valence-electron chi connectivity index (χ0n) is 17.2. The summed E-state index contributed by atoms with van der Waals surface area (Å²) in [7, 11) is 8.06. The largest absolute Gasteiger partial charge is 0.345 e. The Morgan fingerprint density at radius 1 is 1.25 bits per heavy atom. The van der Waals surface area contributed by atoms with Gasteiger partial charge in [-0.1, -0.05) is 18.2 Å². The molecule has 3 aromatic rings. The molecule has 0 saturated heterocycles. The van der Waals surface area contributed by atoms with E-state index in [2.05, 4.69) is 40.8 Å². The lowest BCUT2D eigenvalue weighted by atomic mass is 9.91.